The van der Waals surface area contributed by atoms with Gasteiger partial charge >= 0.3 is 0 Å². The van der Waals surface area contributed by atoms with Crippen molar-refractivity contribution in [1.29, 1.82) is 0 Å². The molecule has 0 atom stereocenters. The third-order valence-corrected chi connectivity index (χ3v) is 7.91. The number of rotatable bonds is 8. The third-order valence-electron chi connectivity index (χ3n) is 4.81. The standard InChI is InChI=1S/C21H29N3O4S2/c1-5-28-17-9-8-16(13-18(17)30(26,27)24-10-6-7-11-24)23-21(25)20-15(4)22-19(29-20)12-14(2)3/h8-9,13-14H,5-7,10-12H2,1-4H3,(H,23,25). The van der Waals surface area contributed by atoms with Gasteiger partial charge in [0, 0.05) is 25.2 Å². The smallest absolute Gasteiger partial charge is 0.267 e. The largest absolute Gasteiger partial charge is 0.492 e. The van der Waals surface area contributed by atoms with Crippen LogP contribution in [0.3, 0.4) is 0 Å². The summed E-state index contributed by atoms with van der Waals surface area (Å²) in [5.74, 6) is 0.472. The summed E-state index contributed by atoms with van der Waals surface area (Å²) in [5, 5.41) is 3.76. The number of carbonyl (C=O) groups is 1. The number of thiazole rings is 1. The lowest BCUT2D eigenvalue weighted by Gasteiger charge is -2.19. The average molecular weight is 452 g/mol. The van der Waals surface area contributed by atoms with Crippen LogP contribution in [0.2, 0.25) is 0 Å². The van der Waals surface area contributed by atoms with Crippen LogP contribution in [0.15, 0.2) is 23.1 Å². The summed E-state index contributed by atoms with van der Waals surface area (Å²) in [6.07, 6.45) is 2.52. The molecule has 0 unspecified atom stereocenters. The van der Waals surface area contributed by atoms with Crippen molar-refractivity contribution in [3.05, 3.63) is 33.8 Å². The van der Waals surface area contributed by atoms with Gasteiger partial charge in [0.05, 0.1) is 17.3 Å². The molecule has 1 fully saturated rings. The lowest BCUT2D eigenvalue weighted by atomic mass is 10.1. The maximum absolute atomic E-state index is 13.1. The van der Waals surface area contributed by atoms with Gasteiger partial charge in [-0.1, -0.05) is 13.8 Å². The van der Waals surface area contributed by atoms with E-state index in [2.05, 4.69) is 24.1 Å². The van der Waals surface area contributed by atoms with Gasteiger partial charge in [0.1, 0.15) is 15.5 Å². The molecule has 1 aliphatic rings. The van der Waals surface area contributed by atoms with E-state index in [1.165, 1.54) is 21.7 Å². The van der Waals surface area contributed by atoms with E-state index in [-0.39, 0.29) is 10.8 Å². The number of hydrogen-bond donors (Lipinski definition) is 1. The minimum atomic E-state index is -3.68. The fraction of sp³-hybridized carbons (Fsp3) is 0.524. The lowest BCUT2D eigenvalue weighted by molar-refractivity contribution is 0.102. The second-order valence-corrected chi connectivity index (χ2v) is 10.8. The van der Waals surface area contributed by atoms with Crippen LogP contribution in [0.25, 0.3) is 0 Å². The summed E-state index contributed by atoms with van der Waals surface area (Å²) < 4.78 is 33.3. The lowest BCUT2D eigenvalue weighted by Crippen LogP contribution is -2.28. The molecule has 1 aromatic heterocycles. The molecule has 1 aromatic carbocycles. The third kappa shape index (κ3) is 5.01. The van der Waals surface area contributed by atoms with Crippen LogP contribution in [0.5, 0.6) is 5.75 Å². The van der Waals surface area contributed by atoms with Crippen molar-refractivity contribution in [2.45, 2.75) is 51.9 Å². The van der Waals surface area contributed by atoms with Gasteiger partial charge in [-0.15, -0.1) is 11.3 Å². The Kier molecular flexibility index (Phi) is 7.15. The zero-order valence-electron chi connectivity index (χ0n) is 17.9. The molecule has 0 aliphatic carbocycles. The highest BCUT2D eigenvalue weighted by atomic mass is 32.2. The maximum Gasteiger partial charge on any atom is 0.267 e. The molecule has 2 heterocycles. The monoisotopic (exact) mass is 451 g/mol. The van der Waals surface area contributed by atoms with Crippen LogP contribution in [-0.2, 0) is 16.4 Å². The number of benzene rings is 1. The first-order valence-corrected chi connectivity index (χ1v) is 12.5. The van der Waals surface area contributed by atoms with Gasteiger partial charge in [-0.2, -0.15) is 4.31 Å². The Morgan fingerprint density at radius 1 is 1.30 bits per heavy atom. The van der Waals surface area contributed by atoms with Crippen LogP contribution in [-0.4, -0.2) is 43.3 Å². The van der Waals surface area contributed by atoms with E-state index in [4.69, 9.17) is 4.74 Å². The summed E-state index contributed by atoms with van der Waals surface area (Å²) in [7, 11) is -3.68. The number of ether oxygens (including phenoxy) is 1. The van der Waals surface area contributed by atoms with Crippen molar-refractivity contribution in [3.8, 4) is 5.75 Å². The van der Waals surface area contributed by atoms with Crippen molar-refractivity contribution >= 4 is 33.0 Å². The predicted molar refractivity (Wildman–Crippen MR) is 119 cm³/mol. The van der Waals surface area contributed by atoms with Gasteiger partial charge in [0.15, 0.2) is 0 Å². The minimum absolute atomic E-state index is 0.0885. The van der Waals surface area contributed by atoms with Gasteiger partial charge in [-0.05, 0) is 50.8 Å². The van der Waals surface area contributed by atoms with Gasteiger partial charge < -0.3 is 10.1 Å². The molecule has 30 heavy (non-hydrogen) atoms. The Balaban J connectivity index is 1.88. The van der Waals surface area contributed by atoms with E-state index in [9.17, 15) is 13.2 Å². The van der Waals surface area contributed by atoms with Crippen LogP contribution < -0.4 is 10.1 Å². The Labute approximate surface area is 182 Å². The molecule has 1 aliphatic heterocycles. The van der Waals surface area contributed by atoms with Crippen molar-refractivity contribution < 1.29 is 17.9 Å². The highest BCUT2D eigenvalue weighted by Gasteiger charge is 2.30. The van der Waals surface area contributed by atoms with Gasteiger partial charge in [0.25, 0.3) is 5.91 Å². The molecule has 3 rings (SSSR count). The molecular formula is C21H29N3O4S2. The maximum atomic E-state index is 13.1. The number of aryl methyl sites for hydroxylation is 1. The molecule has 0 spiro atoms. The Hall–Kier alpha value is -1.97. The van der Waals surface area contributed by atoms with Gasteiger partial charge in [-0.3, -0.25) is 4.79 Å². The molecule has 2 aromatic rings. The molecule has 1 amide bonds. The molecular weight excluding hydrogens is 422 g/mol. The molecule has 0 bridgehead atoms. The minimum Gasteiger partial charge on any atom is -0.492 e. The Bertz CT molecular complexity index is 1010. The highest BCUT2D eigenvalue weighted by Crippen LogP contribution is 2.32. The van der Waals surface area contributed by atoms with E-state index >= 15 is 0 Å². The zero-order chi connectivity index (χ0) is 21.9. The normalized spacial score (nSPS) is 15.0. The van der Waals surface area contributed by atoms with E-state index < -0.39 is 10.0 Å². The summed E-state index contributed by atoms with van der Waals surface area (Å²) >= 11 is 1.38. The first-order valence-electron chi connectivity index (χ1n) is 10.3. The fourth-order valence-corrected chi connectivity index (χ4v) is 6.26. The van der Waals surface area contributed by atoms with Crippen LogP contribution in [0.1, 0.15) is 54.0 Å². The summed E-state index contributed by atoms with van der Waals surface area (Å²) in [4.78, 5) is 18.0. The first-order chi connectivity index (χ1) is 14.2. The molecule has 1 saturated heterocycles. The molecule has 7 nitrogen and oxygen atoms in total. The number of hydrogen-bond acceptors (Lipinski definition) is 6. The second-order valence-electron chi connectivity index (χ2n) is 7.78. The molecule has 0 radical (unpaired) electrons. The quantitative estimate of drug-likeness (QED) is 0.653. The van der Waals surface area contributed by atoms with Crippen molar-refractivity contribution in [1.82, 2.24) is 9.29 Å². The predicted octanol–water partition coefficient (Wildman–Crippen LogP) is 4.09. The Morgan fingerprint density at radius 3 is 2.63 bits per heavy atom. The number of amides is 1. The van der Waals surface area contributed by atoms with Crippen LogP contribution >= 0.6 is 11.3 Å². The molecule has 164 valence electrons. The molecule has 1 N–H and O–H groups in total. The summed E-state index contributed by atoms with van der Waals surface area (Å²) in [6, 6.07) is 4.75. The number of aromatic nitrogens is 1. The number of sulfonamides is 1. The topological polar surface area (TPSA) is 88.6 Å². The van der Waals surface area contributed by atoms with Crippen molar-refractivity contribution in [2.24, 2.45) is 5.92 Å². The molecule has 9 heteroatoms. The van der Waals surface area contributed by atoms with Crippen molar-refractivity contribution in [2.75, 3.05) is 25.0 Å². The van der Waals surface area contributed by atoms with E-state index in [0.717, 1.165) is 24.3 Å². The highest BCUT2D eigenvalue weighted by molar-refractivity contribution is 7.89. The Morgan fingerprint density at radius 2 is 2.00 bits per heavy atom. The summed E-state index contributed by atoms with van der Waals surface area (Å²) in [5.41, 5.74) is 1.10. The van der Waals surface area contributed by atoms with Crippen LogP contribution in [0, 0.1) is 12.8 Å². The second kappa shape index (κ2) is 9.45. The number of carbonyl (C=O) groups excluding carboxylic acids is 1. The summed E-state index contributed by atoms with van der Waals surface area (Å²) in [6.45, 7) is 9.21. The zero-order valence-corrected chi connectivity index (χ0v) is 19.5. The van der Waals surface area contributed by atoms with E-state index in [0.29, 0.717) is 47.6 Å². The first kappa shape index (κ1) is 22.7. The fourth-order valence-electron chi connectivity index (χ4n) is 3.42. The molecule has 0 saturated carbocycles. The number of nitrogens with zero attached hydrogens (tertiary/aromatic N) is 2. The van der Waals surface area contributed by atoms with Gasteiger partial charge in [0.2, 0.25) is 10.0 Å². The SMILES string of the molecule is CCOc1ccc(NC(=O)c2sc(CC(C)C)nc2C)cc1S(=O)(=O)N1CCCC1. The van der Waals surface area contributed by atoms with E-state index in [1.807, 2.05) is 13.8 Å². The number of nitrogens with one attached hydrogen (secondary N) is 1. The number of anilines is 1. The average Bonchev–Trinajstić information content (AvgIpc) is 3.33. The van der Waals surface area contributed by atoms with E-state index in [1.54, 1.807) is 12.1 Å². The van der Waals surface area contributed by atoms with Gasteiger partial charge in [-0.25, -0.2) is 13.4 Å². The van der Waals surface area contributed by atoms with Crippen molar-refractivity contribution in [3.63, 3.8) is 0 Å². The van der Waals surface area contributed by atoms with Crippen LogP contribution in [0.4, 0.5) is 5.69 Å².